The highest BCUT2D eigenvalue weighted by molar-refractivity contribution is 6.01. The predicted octanol–water partition coefficient (Wildman–Crippen LogP) is 3.73. The van der Waals surface area contributed by atoms with Crippen LogP contribution in [0.25, 0.3) is 21.9 Å². The van der Waals surface area contributed by atoms with Gasteiger partial charge in [-0.15, -0.1) is 5.10 Å². The summed E-state index contributed by atoms with van der Waals surface area (Å²) in [4.78, 5) is 11.6. The molecule has 3 rings (SSSR count). The van der Waals surface area contributed by atoms with Crippen molar-refractivity contribution in [2.45, 2.75) is 19.2 Å². The Kier molecular flexibility index (Phi) is 4.50. The second-order valence-electron chi connectivity index (χ2n) is 5.66. The van der Waals surface area contributed by atoms with Crippen molar-refractivity contribution in [2.75, 3.05) is 0 Å². The van der Waals surface area contributed by atoms with E-state index < -0.39 is 18.2 Å². The van der Waals surface area contributed by atoms with Gasteiger partial charge >= 0.3 is 6.18 Å². The van der Waals surface area contributed by atoms with E-state index in [0.717, 1.165) is 6.92 Å². The number of hydrogen-bond donors (Lipinski definition) is 1. The molecule has 0 saturated carbocycles. The van der Waals surface area contributed by atoms with Gasteiger partial charge in [0.2, 0.25) is 11.8 Å². The number of carbonyl (C=O) groups excluding carboxylic acids is 1. The van der Waals surface area contributed by atoms with Crippen LogP contribution in [0.2, 0.25) is 0 Å². The summed E-state index contributed by atoms with van der Waals surface area (Å²) in [6.07, 6.45) is -5.11. The zero-order valence-corrected chi connectivity index (χ0v) is 13.6. The Bertz CT molecular complexity index is 973. The first kappa shape index (κ1) is 17.7. The summed E-state index contributed by atoms with van der Waals surface area (Å²) >= 11 is 0. The van der Waals surface area contributed by atoms with Crippen LogP contribution in [0, 0.1) is 0 Å². The average Bonchev–Trinajstić information content (AvgIpc) is 2.60. The number of nitrogens with zero attached hydrogens (tertiary/aromatic N) is 2. The molecule has 5 nitrogen and oxygen atoms in total. The van der Waals surface area contributed by atoms with Crippen molar-refractivity contribution < 1.29 is 22.7 Å². The van der Waals surface area contributed by atoms with E-state index in [2.05, 4.69) is 10.2 Å². The standard InChI is InChI=1S/C18H14F3N3O2/c1-10(18(19,20)21)26-17-14-7-6-11(8-12(14)9-23-24-17)13-4-2-3-5-15(13)16(22)25/h2-10H,1H3,(H2,22,25)/t10-/m1/s1. The third kappa shape index (κ3) is 3.44. The molecule has 2 aromatic carbocycles. The van der Waals surface area contributed by atoms with E-state index >= 15 is 0 Å². The van der Waals surface area contributed by atoms with Crippen molar-refractivity contribution in [1.29, 1.82) is 0 Å². The fraction of sp³-hybridized carbons (Fsp3) is 0.167. The predicted molar refractivity (Wildman–Crippen MR) is 89.6 cm³/mol. The molecule has 134 valence electrons. The summed E-state index contributed by atoms with van der Waals surface area (Å²) in [5.74, 6) is -0.779. The van der Waals surface area contributed by atoms with Crippen molar-refractivity contribution in [1.82, 2.24) is 10.2 Å². The molecule has 0 aliphatic heterocycles. The highest BCUT2D eigenvalue weighted by Gasteiger charge is 2.38. The van der Waals surface area contributed by atoms with Crippen LogP contribution in [0.15, 0.2) is 48.7 Å². The van der Waals surface area contributed by atoms with Crippen LogP contribution in [-0.2, 0) is 0 Å². The maximum Gasteiger partial charge on any atom is 0.425 e. The van der Waals surface area contributed by atoms with Crippen LogP contribution in [0.5, 0.6) is 5.88 Å². The van der Waals surface area contributed by atoms with E-state index in [1.807, 2.05) is 0 Å². The highest BCUT2D eigenvalue weighted by Crippen LogP contribution is 2.31. The molecular weight excluding hydrogens is 347 g/mol. The molecule has 0 spiro atoms. The van der Waals surface area contributed by atoms with Crippen molar-refractivity contribution >= 4 is 16.7 Å². The van der Waals surface area contributed by atoms with Crippen LogP contribution in [0.4, 0.5) is 13.2 Å². The van der Waals surface area contributed by atoms with Gasteiger partial charge in [0.05, 0.1) is 6.20 Å². The number of alkyl halides is 3. The molecule has 0 radical (unpaired) electrons. The summed E-state index contributed by atoms with van der Waals surface area (Å²) in [5.41, 5.74) is 7.03. The van der Waals surface area contributed by atoms with Gasteiger partial charge in [0.25, 0.3) is 0 Å². The lowest BCUT2D eigenvalue weighted by Crippen LogP contribution is -2.31. The van der Waals surface area contributed by atoms with Gasteiger partial charge in [-0.2, -0.15) is 18.3 Å². The van der Waals surface area contributed by atoms with E-state index in [1.54, 1.807) is 42.5 Å². The van der Waals surface area contributed by atoms with E-state index in [9.17, 15) is 18.0 Å². The third-order valence-electron chi connectivity index (χ3n) is 3.88. The molecule has 8 heteroatoms. The molecule has 0 aliphatic rings. The number of aromatic nitrogens is 2. The number of halogens is 3. The minimum absolute atomic E-state index is 0.206. The Labute approximate surface area is 146 Å². The number of hydrogen-bond acceptors (Lipinski definition) is 4. The molecule has 0 bridgehead atoms. The van der Waals surface area contributed by atoms with E-state index in [4.69, 9.17) is 10.5 Å². The molecule has 26 heavy (non-hydrogen) atoms. The number of carbonyl (C=O) groups is 1. The molecule has 2 N–H and O–H groups in total. The Morgan fingerprint density at radius 3 is 2.62 bits per heavy atom. The molecule has 0 aliphatic carbocycles. The second-order valence-corrected chi connectivity index (χ2v) is 5.66. The minimum Gasteiger partial charge on any atom is -0.463 e. The summed E-state index contributed by atoms with van der Waals surface area (Å²) in [7, 11) is 0. The van der Waals surface area contributed by atoms with Crippen molar-refractivity contribution in [3.63, 3.8) is 0 Å². The zero-order chi connectivity index (χ0) is 18.9. The van der Waals surface area contributed by atoms with E-state index in [1.165, 1.54) is 6.20 Å². The fourth-order valence-corrected chi connectivity index (χ4v) is 2.50. The Hall–Kier alpha value is -3.16. The molecule has 0 fully saturated rings. The van der Waals surface area contributed by atoms with Crippen LogP contribution < -0.4 is 10.5 Å². The molecule has 0 saturated heterocycles. The minimum atomic E-state index is -4.51. The summed E-state index contributed by atoms with van der Waals surface area (Å²) in [6.45, 7) is 0.901. The normalized spacial score (nSPS) is 12.8. The van der Waals surface area contributed by atoms with Gasteiger partial charge in [-0.3, -0.25) is 4.79 Å². The lowest BCUT2D eigenvalue weighted by molar-refractivity contribution is -0.189. The lowest BCUT2D eigenvalue weighted by Gasteiger charge is -2.17. The molecule has 1 amide bonds. The summed E-state index contributed by atoms with van der Waals surface area (Å²) in [6, 6.07) is 11.7. The molecule has 0 unspecified atom stereocenters. The average molecular weight is 361 g/mol. The lowest BCUT2D eigenvalue weighted by atomic mass is 9.97. The number of rotatable bonds is 4. The van der Waals surface area contributed by atoms with Gasteiger partial charge in [-0.25, -0.2) is 0 Å². The molecule has 1 aromatic heterocycles. The van der Waals surface area contributed by atoms with Crippen molar-refractivity contribution in [3.8, 4) is 17.0 Å². The van der Waals surface area contributed by atoms with Crippen molar-refractivity contribution in [2.24, 2.45) is 5.73 Å². The van der Waals surface area contributed by atoms with Gasteiger partial charge in [0, 0.05) is 16.3 Å². The van der Waals surface area contributed by atoms with Gasteiger partial charge in [-0.1, -0.05) is 24.3 Å². The van der Waals surface area contributed by atoms with Crippen LogP contribution >= 0.6 is 0 Å². The first-order valence-corrected chi connectivity index (χ1v) is 7.65. The van der Waals surface area contributed by atoms with Crippen LogP contribution in [0.3, 0.4) is 0 Å². The zero-order valence-electron chi connectivity index (χ0n) is 13.6. The topological polar surface area (TPSA) is 78.1 Å². The van der Waals surface area contributed by atoms with E-state index in [-0.39, 0.29) is 5.88 Å². The number of fused-ring (bicyclic) bond motifs is 1. The van der Waals surface area contributed by atoms with Crippen LogP contribution in [0.1, 0.15) is 17.3 Å². The van der Waals surface area contributed by atoms with Crippen molar-refractivity contribution in [3.05, 3.63) is 54.2 Å². The molecule has 1 atom stereocenters. The largest absolute Gasteiger partial charge is 0.463 e. The number of ether oxygens (including phenoxy) is 1. The van der Waals surface area contributed by atoms with Gasteiger partial charge in [0.15, 0.2) is 6.10 Å². The smallest absolute Gasteiger partial charge is 0.425 e. The Morgan fingerprint density at radius 2 is 1.92 bits per heavy atom. The molecule has 3 aromatic rings. The summed E-state index contributed by atoms with van der Waals surface area (Å²) in [5, 5.41) is 8.28. The summed E-state index contributed by atoms with van der Waals surface area (Å²) < 4.78 is 43.1. The molecular formula is C18H14F3N3O2. The first-order chi connectivity index (χ1) is 12.3. The first-order valence-electron chi connectivity index (χ1n) is 7.65. The number of primary amides is 1. The maximum atomic E-state index is 12.7. The SMILES string of the molecule is C[C@@H](Oc1nncc2cc(-c3ccccc3C(N)=O)ccc12)C(F)(F)F. The maximum absolute atomic E-state index is 12.7. The number of amides is 1. The molecule has 1 heterocycles. The monoisotopic (exact) mass is 361 g/mol. The Balaban J connectivity index is 2.05. The highest BCUT2D eigenvalue weighted by atomic mass is 19.4. The number of benzene rings is 2. The van der Waals surface area contributed by atoms with Gasteiger partial charge < -0.3 is 10.5 Å². The quantitative estimate of drug-likeness (QED) is 0.768. The van der Waals surface area contributed by atoms with Crippen LogP contribution in [-0.4, -0.2) is 28.4 Å². The van der Waals surface area contributed by atoms with E-state index in [0.29, 0.717) is 27.5 Å². The number of nitrogens with two attached hydrogens (primary N) is 1. The third-order valence-corrected chi connectivity index (χ3v) is 3.88. The van der Waals surface area contributed by atoms with Gasteiger partial charge in [-0.05, 0) is 36.2 Å². The fourth-order valence-electron chi connectivity index (χ4n) is 2.50. The Morgan fingerprint density at radius 1 is 1.19 bits per heavy atom. The second kappa shape index (κ2) is 6.62. The van der Waals surface area contributed by atoms with Gasteiger partial charge in [0.1, 0.15) is 0 Å².